The molecule has 1 aromatic carbocycles. The summed E-state index contributed by atoms with van der Waals surface area (Å²) >= 11 is 5.36. The summed E-state index contributed by atoms with van der Waals surface area (Å²) in [6.07, 6.45) is 0. The first-order chi connectivity index (χ1) is 7.22. The van der Waals surface area contributed by atoms with Crippen molar-refractivity contribution in [2.24, 2.45) is 0 Å². The molecule has 1 aromatic rings. The predicted octanol–water partition coefficient (Wildman–Crippen LogP) is 1.81. The summed E-state index contributed by atoms with van der Waals surface area (Å²) in [7, 11) is 0. The minimum absolute atomic E-state index is 0.0182. The van der Waals surface area contributed by atoms with Gasteiger partial charge in [-0.05, 0) is 19.1 Å². The van der Waals surface area contributed by atoms with Gasteiger partial charge in [0.1, 0.15) is 18.2 Å². The predicted molar refractivity (Wildman–Crippen MR) is 60.3 cm³/mol. The van der Waals surface area contributed by atoms with Gasteiger partial charge < -0.3 is 10.1 Å². The summed E-state index contributed by atoms with van der Waals surface area (Å²) in [6, 6.07) is 9.42. The highest BCUT2D eigenvalue weighted by molar-refractivity contribution is 6.27. The van der Waals surface area contributed by atoms with Crippen LogP contribution in [0.4, 0.5) is 0 Å². The number of carbonyl (C=O) groups is 1. The number of para-hydroxylation sites is 1. The third-order valence-corrected chi connectivity index (χ3v) is 2.01. The Labute approximate surface area is 94.4 Å². The minimum Gasteiger partial charge on any atom is -0.491 e. The van der Waals surface area contributed by atoms with Crippen molar-refractivity contribution in [2.45, 2.75) is 13.0 Å². The van der Waals surface area contributed by atoms with Crippen LogP contribution in [0.1, 0.15) is 6.92 Å². The molecule has 0 aliphatic carbocycles. The van der Waals surface area contributed by atoms with Crippen LogP contribution >= 0.6 is 11.6 Å². The van der Waals surface area contributed by atoms with Gasteiger partial charge in [-0.3, -0.25) is 4.79 Å². The summed E-state index contributed by atoms with van der Waals surface area (Å²) in [6.45, 7) is 2.31. The number of benzene rings is 1. The fourth-order valence-electron chi connectivity index (χ4n) is 1.09. The lowest BCUT2D eigenvalue weighted by Gasteiger charge is -2.14. The third-order valence-electron chi connectivity index (χ3n) is 1.77. The molecule has 0 aliphatic rings. The molecule has 1 amide bonds. The fraction of sp³-hybridized carbons (Fsp3) is 0.364. The first kappa shape index (κ1) is 11.9. The molecular weight excluding hydrogens is 214 g/mol. The molecule has 15 heavy (non-hydrogen) atoms. The van der Waals surface area contributed by atoms with Crippen molar-refractivity contribution in [3.63, 3.8) is 0 Å². The molecule has 4 heteroatoms. The van der Waals surface area contributed by atoms with Crippen LogP contribution in [-0.4, -0.2) is 24.4 Å². The molecular formula is C11H14ClNO2. The Bertz CT molecular complexity index is 303. The van der Waals surface area contributed by atoms with Crippen molar-refractivity contribution in [3.05, 3.63) is 30.3 Å². The van der Waals surface area contributed by atoms with E-state index in [2.05, 4.69) is 5.32 Å². The number of rotatable bonds is 5. The Kier molecular flexibility index (Phi) is 4.98. The SMILES string of the molecule is CC(COc1ccccc1)NC(=O)CCl. The minimum atomic E-state index is -0.180. The van der Waals surface area contributed by atoms with E-state index in [0.717, 1.165) is 5.75 Å². The fourth-order valence-corrected chi connectivity index (χ4v) is 1.17. The Morgan fingerprint density at radius 1 is 1.47 bits per heavy atom. The van der Waals surface area contributed by atoms with E-state index in [4.69, 9.17) is 16.3 Å². The number of hydrogen-bond acceptors (Lipinski definition) is 2. The lowest BCUT2D eigenvalue weighted by molar-refractivity contribution is -0.119. The standard InChI is InChI=1S/C11H14ClNO2/c1-9(13-11(14)7-12)8-15-10-5-3-2-4-6-10/h2-6,9H,7-8H2,1H3,(H,13,14). The van der Waals surface area contributed by atoms with Crippen LogP contribution in [0.3, 0.4) is 0 Å². The van der Waals surface area contributed by atoms with Crippen molar-refractivity contribution in [1.82, 2.24) is 5.32 Å². The van der Waals surface area contributed by atoms with Crippen LogP contribution in [0.5, 0.6) is 5.75 Å². The molecule has 1 unspecified atom stereocenters. The second-order valence-corrected chi connectivity index (χ2v) is 3.49. The summed E-state index contributed by atoms with van der Waals surface area (Å²) in [5.41, 5.74) is 0. The third kappa shape index (κ3) is 4.70. The van der Waals surface area contributed by atoms with Crippen LogP contribution in [0.2, 0.25) is 0 Å². The van der Waals surface area contributed by atoms with Crippen molar-refractivity contribution in [2.75, 3.05) is 12.5 Å². The van der Waals surface area contributed by atoms with Gasteiger partial charge in [-0.2, -0.15) is 0 Å². The van der Waals surface area contributed by atoms with E-state index in [1.54, 1.807) is 0 Å². The number of ether oxygens (including phenoxy) is 1. The van der Waals surface area contributed by atoms with Gasteiger partial charge in [0.2, 0.25) is 5.91 Å². The summed E-state index contributed by atoms with van der Waals surface area (Å²) in [5, 5.41) is 2.70. The van der Waals surface area contributed by atoms with Crippen LogP contribution in [0.25, 0.3) is 0 Å². The molecule has 1 N–H and O–H groups in total. The quantitative estimate of drug-likeness (QED) is 0.780. The van der Waals surface area contributed by atoms with E-state index < -0.39 is 0 Å². The Hall–Kier alpha value is -1.22. The lowest BCUT2D eigenvalue weighted by Crippen LogP contribution is -2.37. The lowest BCUT2D eigenvalue weighted by atomic mass is 10.3. The van der Waals surface area contributed by atoms with Gasteiger partial charge in [0.05, 0.1) is 6.04 Å². The maximum absolute atomic E-state index is 10.9. The molecule has 0 fully saturated rings. The maximum atomic E-state index is 10.9. The molecule has 1 atom stereocenters. The van der Waals surface area contributed by atoms with Crippen molar-refractivity contribution in [1.29, 1.82) is 0 Å². The normalized spacial score (nSPS) is 11.9. The smallest absolute Gasteiger partial charge is 0.235 e. The number of hydrogen-bond donors (Lipinski definition) is 1. The molecule has 0 aliphatic heterocycles. The van der Waals surface area contributed by atoms with Gasteiger partial charge in [0, 0.05) is 0 Å². The van der Waals surface area contributed by atoms with E-state index in [1.807, 2.05) is 37.3 Å². The highest BCUT2D eigenvalue weighted by Crippen LogP contribution is 2.08. The maximum Gasteiger partial charge on any atom is 0.235 e. The highest BCUT2D eigenvalue weighted by atomic mass is 35.5. The topological polar surface area (TPSA) is 38.3 Å². The zero-order valence-electron chi connectivity index (χ0n) is 8.57. The molecule has 82 valence electrons. The molecule has 0 saturated carbocycles. The molecule has 0 spiro atoms. The highest BCUT2D eigenvalue weighted by Gasteiger charge is 2.06. The Balaban J connectivity index is 2.28. The Morgan fingerprint density at radius 3 is 2.73 bits per heavy atom. The molecule has 1 rings (SSSR count). The van der Waals surface area contributed by atoms with Crippen molar-refractivity contribution in [3.8, 4) is 5.75 Å². The van der Waals surface area contributed by atoms with Crippen LogP contribution in [0, 0.1) is 0 Å². The van der Waals surface area contributed by atoms with Gasteiger partial charge in [0.15, 0.2) is 0 Å². The zero-order chi connectivity index (χ0) is 11.1. The number of nitrogens with one attached hydrogen (secondary N) is 1. The van der Waals surface area contributed by atoms with Crippen LogP contribution < -0.4 is 10.1 Å². The van der Waals surface area contributed by atoms with Crippen LogP contribution in [0.15, 0.2) is 30.3 Å². The van der Waals surface area contributed by atoms with Crippen molar-refractivity contribution < 1.29 is 9.53 Å². The number of amides is 1. The second-order valence-electron chi connectivity index (χ2n) is 3.23. The summed E-state index contributed by atoms with van der Waals surface area (Å²) in [5.74, 6) is 0.598. The largest absolute Gasteiger partial charge is 0.491 e. The average Bonchev–Trinajstić information content (AvgIpc) is 2.27. The van der Waals surface area contributed by atoms with Gasteiger partial charge in [0.25, 0.3) is 0 Å². The average molecular weight is 228 g/mol. The number of carbonyl (C=O) groups excluding carboxylic acids is 1. The van der Waals surface area contributed by atoms with Crippen molar-refractivity contribution >= 4 is 17.5 Å². The Morgan fingerprint density at radius 2 is 2.13 bits per heavy atom. The summed E-state index contributed by atoms with van der Waals surface area (Å²) in [4.78, 5) is 10.9. The number of halogens is 1. The monoisotopic (exact) mass is 227 g/mol. The van der Waals surface area contributed by atoms with Gasteiger partial charge >= 0.3 is 0 Å². The molecule has 0 saturated heterocycles. The molecule has 3 nitrogen and oxygen atoms in total. The van der Waals surface area contributed by atoms with E-state index >= 15 is 0 Å². The molecule has 0 aromatic heterocycles. The molecule has 0 radical (unpaired) electrons. The summed E-state index contributed by atoms with van der Waals surface area (Å²) < 4.78 is 5.46. The van der Waals surface area contributed by atoms with E-state index in [0.29, 0.717) is 6.61 Å². The second kappa shape index (κ2) is 6.30. The zero-order valence-corrected chi connectivity index (χ0v) is 9.33. The molecule has 0 heterocycles. The van der Waals surface area contributed by atoms with Crippen LogP contribution in [-0.2, 0) is 4.79 Å². The molecule has 0 bridgehead atoms. The first-order valence-electron chi connectivity index (χ1n) is 4.75. The van der Waals surface area contributed by atoms with Gasteiger partial charge in [-0.25, -0.2) is 0 Å². The van der Waals surface area contributed by atoms with Gasteiger partial charge in [-0.1, -0.05) is 18.2 Å². The van der Waals surface area contributed by atoms with E-state index in [9.17, 15) is 4.79 Å². The first-order valence-corrected chi connectivity index (χ1v) is 5.29. The van der Waals surface area contributed by atoms with E-state index in [1.165, 1.54) is 0 Å². The van der Waals surface area contributed by atoms with E-state index in [-0.39, 0.29) is 17.8 Å². The number of alkyl halides is 1. The van der Waals surface area contributed by atoms with Gasteiger partial charge in [-0.15, -0.1) is 11.6 Å².